The Morgan fingerprint density at radius 1 is 0.360 bits per heavy atom. The maximum atomic E-state index is 12.6. The summed E-state index contributed by atoms with van der Waals surface area (Å²) in [6, 6.07) is 75.5. The largest absolute Gasteiger partial charge is 0.494 e. The predicted molar refractivity (Wildman–Crippen MR) is 459 cm³/mol. The van der Waals surface area contributed by atoms with Gasteiger partial charge in [-0.3, -0.25) is 24.0 Å². The number of benzene rings is 9. The number of esters is 1. The van der Waals surface area contributed by atoms with Crippen LogP contribution < -0.4 is 19.5 Å². The van der Waals surface area contributed by atoms with Crippen LogP contribution in [0.1, 0.15) is 189 Å². The van der Waals surface area contributed by atoms with Gasteiger partial charge < -0.3 is 33.1 Å². The van der Waals surface area contributed by atoms with Gasteiger partial charge in [0.25, 0.3) is 0 Å². The van der Waals surface area contributed by atoms with Gasteiger partial charge in [0.1, 0.15) is 36.2 Å². The molecule has 15 heteroatoms. The van der Waals surface area contributed by atoms with Crippen LogP contribution in [0, 0.1) is 0 Å². The summed E-state index contributed by atoms with van der Waals surface area (Å²) < 4.78 is 35.1. The minimum Gasteiger partial charge on any atom is -0.494 e. The summed E-state index contributed by atoms with van der Waals surface area (Å²) in [7, 11) is -3.82. The quantitative estimate of drug-likeness (QED) is 0.0169. The molecular weight excluding hydrogens is 1420 g/mol. The average Bonchev–Trinajstić information content (AvgIpc) is 0.844. The second-order valence-electron chi connectivity index (χ2n) is 31.0. The lowest BCUT2D eigenvalue weighted by molar-refractivity contribution is -0.145. The lowest BCUT2D eigenvalue weighted by Gasteiger charge is -2.34. The maximum absolute atomic E-state index is 12.6. The fourth-order valence-electron chi connectivity index (χ4n) is 12.5. The number of ether oxygens (including phenoxy) is 5. The molecule has 0 aliphatic rings. The van der Waals surface area contributed by atoms with Crippen molar-refractivity contribution >= 4 is 68.5 Å². The highest BCUT2D eigenvalue weighted by atomic mass is 28.4. The van der Waals surface area contributed by atoms with Gasteiger partial charge in [-0.05, 0) is 210 Å². The van der Waals surface area contributed by atoms with Crippen LogP contribution >= 0.6 is 0 Å². The van der Waals surface area contributed by atoms with Gasteiger partial charge >= 0.3 is 12.1 Å². The van der Waals surface area contributed by atoms with Crippen LogP contribution in [0.15, 0.2) is 256 Å². The zero-order chi connectivity index (χ0) is 80.1. The van der Waals surface area contributed by atoms with Gasteiger partial charge in [-0.15, -0.1) is 0 Å². The molecule has 13 nitrogen and oxygen atoms in total. The van der Waals surface area contributed by atoms with E-state index in [2.05, 4.69) is 89.4 Å². The van der Waals surface area contributed by atoms with Gasteiger partial charge in [0.15, 0.2) is 34.0 Å². The number of amides is 1. The Morgan fingerprint density at radius 3 is 1.07 bits per heavy atom. The van der Waals surface area contributed by atoms with Crippen LogP contribution in [0.2, 0.25) is 38.3 Å². The smallest absolute Gasteiger partial charge is 0.407 e. The van der Waals surface area contributed by atoms with E-state index in [-0.39, 0.29) is 67.0 Å². The normalized spacial score (nSPS) is 11.3. The first-order chi connectivity index (χ1) is 52.2. The first-order valence-electron chi connectivity index (χ1n) is 37.8. The van der Waals surface area contributed by atoms with Gasteiger partial charge in [-0.1, -0.05) is 229 Å². The average molecular weight is 1530 g/mol. The topological polar surface area (TPSA) is 170 Å². The van der Waals surface area contributed by atoms with Gasteiger partial charge in [-0.2, -0.15) is 0 Å². The number of nitrogens with one attached hydrogen (secondary N) is 1. The number of carbonyl (C=O) groups excluding carboxylic acids is 6. The molecule has 0 atom stereocenters. The maximum Gasteiger partial charge on any atom is 0.407 e. The Bertz CT molecular complexity index is 4360. The summed E-state index contributed by atoms with van der Waals surface area (Å²) in [5, 5.41) is 3.00. The molecule has 0 bridgehead atoms. The number of ketones is 4. The van der Waals surface area contributed by atoms with Gasteiger partial charge in [0.2, 0.25) is 0 Å². The van der Waals surface area contributed by atoms with Crippen molar-refractivity contribution in [3.8, 4) is 17.2 Å². The van der Waals surface area contributed by atoms with Gasteiger partial charge in [0.05, 0.1) is 31.8 Å². The summed E-state index contributed by atoms with van der Waals surface area (Å²) in [6.45, 7) is 41.0. The highest BCUT2D eigenvalue weighted by Crippen LogP contribution is 2.33. The minimum absolute atomic E-state index is 0. The highest BCUT2D eigenvalue weighted by molar-refractivity contribution is 6.84. The molecule has 584 valence electrons. The summed E-state index contributed by atoms with van der Waals surface area (Å²) in [6.07, 6.45) is 3.16. The molecule has 111 heavy (non-hydrogen) atoms. The highest BCUT2D eigenvalue weighted by Gasteiger charge is 2.33. The third kappa shape index (κ3) is 29.6. The number of hydrogen-bond donors (Lipinski definition) is 1. The van der Waals surface area contributed by atoms with E-state index in [9.17, 15) is 28.8 Å². The van der Waals surface area contributed by atoms with E-state index in [1.807, 2.05) is 200 Å². The molecule has 0 fully saturated rings. The van der Waals surface area contributed by atoms with E-state index in [0.717, 1.165) is 80.8 Å². The Morgan fingerprint density at radius 2 is 0.685 bits per heavy atom. The fraction of sp³-hybridized carbons (Fsp3) is 0.312. The molecule has 0 saturated carbocycles. The summed E-state index contributed by atoms with van der Waals surface area (Å²) in [5.41, 5.74) is 12.2. The third-order valence-corrected chi connectivity index (χ3v) is 26.4. The fourth-order valence-corrected chi connectivity index (χ4v) is 21.3. The zero-order valence-electron chi connectivity index (χ0n) is 66.7. The van der Waals surface area contributed by atoms with Crippen molar-refractivity contribution in [1.82, 2.24) is 5.32 Å². The van der Waals surface area contributed by atoms with Crippen LogP contribution in [0.4, 0.5) is 4.79 Å². The molecule has 0 spiro atoms. The molecule has 9 aromatic carbocycles. The van der Waals surface area contributed by atoms with Crippen molar-refractivity contribution in [2.75, 3.05) is 33.0 Å². The van der Waals surface area contributed by atoms with Crippen LogP contribution in [0.25, 0.3) is 16.7 Å². The molecule has 0 aromatic heterocycles. The first kappa shape index (κ1) is 89.3. The number of rotatable bonds is 37. The molecule has 1 amide bonds. The minimum atomic E-state index is -1.93. The van der Waals surface area contributed by atoms with Crippen LogP contribution in [0.3, 0.4) is 0 Å². The lowest BCUT2D eigenvalue weighted by Crippen LogP contribution is -2.44. The number of alkyl carbamates (subject to hydrolysis) is 1. The molecular formula is C96H115NO12Si2. The van der Waals surface area contributed by atoms with Crippen LogP contribution in [-0.4, -0.2) is 84.9 Å². The van der Waals surface area contributed by atoms with Crippen molar-refractivity contribution in [3.63, 3.8) is 0 Å². The van der Waals surface area contributed by atoms with Gasteiger partial charge in [0, 0.05) is 51.6 Å². The molecule has 0 aliphatic heterocycles. The van der Waals surface area contributed by atoms with E-state index < -0.39 is 28.3 Å². The van der Waals surface area contributed by atoms with E-state index in [1.54, 1.807) is 60.7 Å². The molecule has 0 heterocycles. The Labute approximate surface area is 662 Å². The number of Topliss-reactive ketones (excluding diaryl/α,β-unsaturated/α-hetero) is 1. The van der Waals surface area contributed by atoms with E-state index in [0.29, 0.717) is 84.0 Å². The Balaban J connectivity index is 0.000000262. The third-order valence-electron chi connectivity index (χ3n) is 18.8. The Kier molecular flexibility index (Phi) is 34.2. The predicted octanol–water partition coefficient (Wildman–Crippen LogP) is 23.1. The molecule has 0 aliphatic carbocycles. The second kappa shape index (κ2) is 42.6. The van der Waals surface area contributed by atoms with E-state index in [1.165, 1.54) is 0 Å². The van der Waals surface area contributed by atoms with E-state index in [4.69, 9.17) is 27.8 Å². The standard InChI is InChI=1S/C36H49NO5Si2.C30H32O3.C29H30O4.CH4/c1-28(2)31-17-12-18-32(27-31)36(3,4)37-35(39)41-24-14-26-44(7,8)42-43(5,6)25-13-23-40-33-21-19-30(20-22-33)34(38)29-15-10-9-11-16-29;1-22(2)25-12-8-13-26(20-25)30(3,4)21-27(31)14-9-19-33-28-17-15-24(16-18-28)29(32)23-10-6-5-7-11-23;1-21(2)24-11-8-12-25(19-24)29(3,4)20-27(30)33-18-17-32-26-15-13-23(14-16-26)28(31)22-9-6-5-7-10-22;/h9-12,15-22,27H,1,13-14,23-26H2,2-8H3,(H,37,39);5-8,10-13,15-18,20H,1,9,14,19,21H2,2-4H3;5-16,19H,1,17-18,20H2,2-4H3;1H4. The summed E-state index contributed by atoms with van der Waals surface area (Å²) in [4.78, 5) is 75.1. The molecule has 0 radical (unpaired) electrons. The van der Waals surface area contributed by atoms with Crippen molar-refractivity contribution in [3.05, 3.63) is 323 Å². The molecule has 0 unspecified atom stereocenters. The number of carbonyl (C=O) groups is 6. The SMILES string of the molecule is C.C=C(C)c1cccc(C(C)(C)CC(=O)CCCOc2ccc(C(=O)c3ccccc3)cc2)c1.C=C(C)c1cccc(C(C)(C)CC(=O)OCCOc2ccc(C(=O)c3ccccc3)cc2)c1.C=C(C)c1cccc(C(C)(C)NC(=O)OCCC[Si](C)(C)O[Si](C)(C)CCCOc2ccc(C(=O)c3ccccc3)cc2)c1. The summed E-state index contributed by atoms with van der Waals surface area (Å²) >= 11 is 0. The molecule has 1 N–H and O–H groups in total. The monoisotopic (exact) mass is 1530 g/mol. The van der Waals surface area contributed by atoms with Crippen molar-refractivity contribution in [2.45, 2.75) is 163 Å². The lowest BCUT2D eigenvalue weighted by atomic mass is 9.79. The van der Waals surface area contributed by atoms with Crippen molar-refractivity contribution in [2.24, 2.45) is 0 Å². The molecule has 0 saturated heterocycles. The van der Waals surface area contributed by atoms with Gasteiger partial charge in [-0.25, -0.2) is 4.79 Å². The number of hydrogen-bond acceptors (Lipinski definition) is 12. The zero-order valence-corrected chi connectivity index (χ0v) is 68.7. The van der Waals surface area contributed by atoms with Crippen LogP contribution in [0.5, 0.6) is 17.2 Å². The Hall–Kier alpha value is -10.6. The molecule has 9 rings (SSSR count). The van der Waals surface area contributed by atoms with E-state index >= 15 is 0 Å². The summed E-state index contributed by atoms with van der Waals surface area (Å²) in [5.74, 6) is 2.00. The number of allylic oxidation sites excluding steroid dienone is 3. The van der Waals surface area contributed by atoms with Crippen LogP contribution in [-0.2, 0) is 39.5 Å². The second-order valence-corrected chi connectivity index (χ2v) is 39.8. The molecule has 9 aromatic rings. The van der Waals surface area contributed by atoms with Crippen molar-refractivity contribution < 1.29 is 56.6 Å². The first-order valence-corrected chi connectivity index (χ1v) is 44.0. The van der Waals surface area contributed by atoms with Crippen molar-refractivity contribution in [1.29, 1.82) is 0 Å².